The van der Waals surface area contributed by atoms with Crippen LogP contribution in [0.4, 0.5) is 4.79 Å². The number of rotatable bonds is 1. The highest BCUT2D eigenvalue weighted by Gasteiger charge is 2.53. The predicted octanol–water partition coefficient (Wildman–Crippen LogP) is 1.72. The van der Waals surface area contributed by atoms with Gasteiger partial charge in [0.2, 0.25) is 0 Å². The number of carboxylic acid groups (broad SMARTS) is 1. The van der Waals surface area contributed by atoms with E-state index < -0.39 is 29.1 Å². The highest BCUT2D eigenvalue weighted by Crippen LogP contribution is 2.37. The lowest BCUT2D eigenvalue weighted by atomic mass is 9.77. The van der Waals surface area contributed by atoms with Gasteiger partial charge in [-0.25, -0.2) is 4.79 Å². The zero-order chi connectivity index (χ0) is 12.7. The van der Waals surface area contributed by atoms with Gasteiger partial charge in [0, 0.05) is 6.54 Å². The summed E-state index contributed by atoms with van der Waals surface area (Å²) in [7, 11) is 0. The minimum atomic E-state index is -0.871. The number of hydrogen-bond acceptors (Lipinski definition) is 3. The molecule has 1 heterocycles. The smallest absolute Gasteiger partial charge is 0.410 e. The van der Waals surface area contributed by atoms with Gasteiger partial charge in [-0.05, 0) is 34.6 Å². The molecule has 0 aromatic carbocycles. The number of hydrogen-bond donors (Lipinski definition) is 1. The second kappa shape index (κ2) is 3.64. The van der Waals surface area contributed by atoms with Crippen LogP contribution in [0.3, 0.4) is 0 Å². The van der Waals surface area contributed by atoms with E-state index in [0.29, 0.717) is 0 Å². The summed E-state index contributed by atoms with van der Waals surface area (Å²) in [5, 5.41) is 8.92. The monoisotopic (exact) mass is 229 g/mol. The number of carboxylic acids is 1. The molecule has 0 spiro atoms. The maximum Gasteiger partial charge on any atom is 0.410 e. The van der Waals surface area contributed by atoms with Gasteiger partial charge in [-0.1, -0.05) is 0 Å². The fourth-order valence-corrected chi connectivity index (χ4v) is 1.72. The molecule has 1 amide bonds. The summed E-state index contributed by atoms with van der Waals surface area (Å²) in [6.45, 7) is 9.04. The first-order chi connectivity index (χ1) is 7.05. The van der Waals surface area contributed by atoms with Crippen LogP contribution in [0.2, 0.25) is 0 Å². The minimum Gasteiger partial charge on any atom is -0.481 e. The van der Waals surface area contributed by atoms with E-state index in [2.05, 4.69) is 0 Å². The molecule has 1 rings (SSSR count). The minimum absolute atomic E-state index is 0.219. The van der Waals surface area contributed by atoms with Crippen LogP contribution in [0.25, 0.3) is 0 Å². The third kappa shape index (κ3) is 2.28. The van der Waals surface area contributed by atoms with Crippen molar-refractivity contribution < 1.29 is 19.4 Å². The van der Waals surface area contributed by atoms with E-state index >= 15 is 0 Å². The lowest BCUT2D eigenvalue weighted by molar-refractivity contribution is -0.158. The van der Waals surface area contributed by atoms with Crippen LogP contribution in [-0.4, -0.2) is 39.8 Å². The Labute approximate surface area is 95.4 Å². The standard InChI is InChI=1S/C11H19NO4/c1-10(2,3)16-9(15)12-6-7(8(13)14)11(12,4)5/h7H,6H2,1-5H3,(H,13,14)/t7-/m1/s1. The highest BCUT2D eigenvalue weighted by molar-refractivity contribution is 5.79. The zero-order valence-corrected chi connectivity index (χ0v) is 10.4. The fraction of sp³-hybridized carbons (Fsp3) is 0.818. The predicted molar refractivity (Wildman–Crippen MR) is 58.1 cm³/mol. The molecule has 0 unspecified atom stereocenters. The van der Waals surface area contributed by atoms with Crippen molar-refractivity contribution in [2.45, 2.75) is 45.8 Å². The van der Waals surface area contributed by atoms with Gasteiger partial charge in [0.1, 0.15) is 5.60 Å². The van der Waals surface area contributed by atoms with Crippen molar-refractivity contribution >= 4 is 12.1 Å². The molecular formula is C11H19NO4. The van der Waals surface area contributed by atoms with Crippen LogP contribution in [0, 0.1) is 5.92 Å². The molecule has 16 heavy (non-hydrogen) atoms. The first kappa shape index (κ1) is 12.8. The van der Waals surface area contributed by atoms with Crippen LogP contribution in [0.15, 0.2) is 0 Å². The number of likely N-dealkylation sites (tertiary alicyclic amines) is 1. The molecule has 1 fully saturated rings. The molecule has 92 valence electrons. The molecule has 1 N–H and O–H groups in total. The number of nitrogens with zero attached hydrogens (tertiary/aromatic N) is 1. The first-order valence-corrected chi connectivity index (χ1v) is 5.29. The molecule has 0 aromatic heterocycles. The maximum absolute atomic E-state index is 11.7. The summed E-state index contributed by atoms with van der Waals surface area (Å²) in [5.74, 6) is -1.38. The van der Waals surface area contributed by atoms with Gasteiger partial charge in [0.15, 0.2) is 0 Å². The molecule has 1 aliphatic rings. The normalized spacial score (nSPS) is 23.6. The zero-order valence-electron chi connectivity index (χ0n) is 10.4. The van der Waals surface area contributed by atoms with Crippen LogP contribution in [0.1, 0.15) is 34.6 Å². The van der Waals surface area contributed by atoms with Gasteiger partial charge in [0.05, 0.1) is 11.5 Å². The summed E-state index contributed by atoms with van der Waals surface area (Å²) < 4.78 is 5.20. The Hall–Kier alpha value is -1.26. The quantitative estimate of drug-likeness (QED) is 0.743. The van der Waals surface area contributed by atoms with Crippen molar-refractivity contribution in [1.82, 2.24) is 4.90 Å². The molecule has 5 nitrogen and oxygen atoms in total. The average Bonchev–Trinajstić information content (AvgIpc) is 1.97. The summed E-state index contributed by atoms with van der Waals surface area (Å²) >= 11 is 0. The molecular weight excluding hydrogens is 210 g/mol. The Balaban J connectivity index is 2.66. The van der Waals surface area contributed by atoms with E-state index in [1.807, 2.05) is 0 Å². The highest BCUT2D eigenvalue weighted by atomic mass is 16.6. The fourth-order valence-electron chi connectivity index (χ4n) is 1.72. The third-order valence-electron chi connectivity index (χ3n) is 2.83. The summed E-state index contributed by atoms with van der Waals surface area (Å²) in [4.78, 5) is 24.1. The van der Waals surface area contributed by atoms with Crippen molar-refractivity contribution in [1.29, 1.82) is 0 Å². The lowest BCUT2D eigenvalue weighted by Crippen LogP contribution is -2.68. The Kier molecular flexibility index (Phi) is 2.92. The van der Waals surface area contributed by atoms with Crippen LogP contribution >= 0.6 is 0 Å². The number of carbonyl (C=O) groups excluding carboxylic acids is 1. The van der Waals surface area contributed by atoms with Gasteiger partial charge in [-0.15, -0.1) is 0 Å². The molecule has 0 saturated carbocycles. The Morgan fingerprint density at radius 2 is 1.88 bits per heavy atom. The first-order valence-electron chi connectivity index (χ1n) is 5.29. The number of amides is 1. The van der Waals surface area contributed by atoms with E-state index in [9.17, 15) is 9.59 Å². The number of carbonyl (C=O) groups is 2. The largest absolute Gasteiger partial charge is 0.481 e. The van der Waals surface area contributed by atoms with E-state index in [-0.39, 0.29) is 6.54 Å². The van der Waals surface area contributed by atoms with Gasteiger partial charge in [-0.3, -0.25) is 4.79 Å². The van der Waals surface area contributed by atoms with Gasteiger partial charge in [0.25, 0.3) is 0 Å². The molecule has 1 aliphatic heterocycles. The topological polar surface area (TPSA) is 66.8 Å². The number of aliphatic carboxylic acids is 1. The SMILES string of the molecule is CC(C)(C)OC(=O)N1C[C@H](C(=O)O)C1(C)C. The summed E-state index contributed by atoms with van der Waals surface area (Å²) in [6, 6.07) is 0. The molecule has 0 aliphatic carbocycles. The maximum atomic E-state index is 11.7. The molecule has 1 saturated heterocycles. The third-order valence-corrected chi connectivity index (χ3v) is 2.83. The van der Waals surface area contributed by atoms with Crippen molar-refractivity contribution in [3.63, 3.8) is 0 Å². The Morgan fingerprint density at radius 1 is 1.38 bits per heavy atom. The van der Waals surface area contributed by atoms with E-state index in [0.717, 1.165) is 0 Å². The second-order valence-corrected chi connectivity index (χ2v) is 5.64. The number of ether oxygens (including phenoxy) is 1. The second-order valence-electron chi connectivity index (χ2n) is 5.64. The lowest BCUT2D eigenvalue weighted by Gasteiger charge is -2.52. The van der Waals surface area contributed by atoms with E-state index in [1.165, 1.54) is 4.90 Å². The van der Waals surface area contributed by atoms with Crippen molar-refractivity contribution in [3.05, 3.63) is 0 Å². The van der Waals surface area contributed by atoms with E-state index in [1.54, 1.807) is 34.6 Å². The van der Waals surface area contributed by atoms with Gasteiger partial charge in [-0.2, -0.15) is 0 Å². The van der Waals surface area contributed by atoms with Gasteiger partial charge < -0.3 is 14.7 Å². The van der Waals surface area contributed by atoms with Gasteiger partial charge >= 0.3 is 12.1 Å². The summed E-state index contributed by atoms with van der Waals surface area (Å²) in [6.07, 6.45) is -0.449. The average molecular weight is 229 g/mol. The molecule has 5 heteroatoms. The summed E-state index contributed by atoms with van der Waals surface area (Å²) in [5.41, 5.74) is -1.23. The van der Waals surface area contributed by atoms with E-state index in [4.69, 9.17) is 9.84 Å². The Bertz CT molecular complexity index is 316. The molecule has 0 radical (unpaired) electrons. The van der Waals surface area contributed by atoms with Crippen LogP contribution in [0.5, 0.6) is 0 Å². The van der Waals surface area contributed by atoms with Crippen molar-refractivity contribution in [2.24, 2.45) is 5.92 Å². The molecule has 1 atom stereocenters. The van der Waals surface area contributed by atoms with Crippen molar-refractivity contribution in [3.8, 4) is 0 Å². The Morgan fingerprint density at radius 3 is 2.19 bits per heavy atom. The van der Waals surface area contributed by atoms with Crippen LogP contribution < -0.4 is 0 Å². The van der Waals surface area contributed by atoms with Crippen molar-refractivity contribution in [2.75, 3.05) is 6.54 Å². The van der Waals surface area contributed by atoms with Crippen LogP contribution in [-0.2, 0) is 9.53 Å². The molecule has 0 aromatic rings. The molecule has 0 bridgehead atoms.